The Morgan fingerprint density at radius 1 is 0.578 bits per heavy atom. The first-order chi connectivity index (χ1) is 21.8. The Labute approximate surface area is 265 Å². The summed E-state index contributed by atoms with van der Waals surface area (Å²) in [5.74, 6) is 3.64. The number of fused-ring (bicyclic) bond motifs is 8. The zero-order chi connectivity index (χ0) is 30.7. The number of hydrogen-bond acceptors (Lipinski definition) is 6. The lowest BCUT2D eigenvalue weighted by Gasteiger charge is -2.37. The minimum absolute atomic E-state index is 0.513. The fourth-order valence-corrected chi connectivity index (χ4v) is 9.40. The Morgan fingerprint density at radius 2 is 1.00 bits per heavy atom. The van der Waals surface area contributed by atoms with Gasteiger partial charge in [-0.05, 0) is 12.8 Å². The van der Waals surface area contributed by atoms with Crippen LogP contribution in [0.4, 0.5) is 0 Å². The summed E-state index contributed by atoms with van der Waals surface area (Å²) in [6, 6.07) is 3.27. The van der Waals surface area contributed by atoms with Crippen molar-refractivity contribution >= 4 is 22.8 Å². The highest BCUT2D eigenvalue weighted by Crippen LogP contribution is 2.44. The summed E-state index contributed by atoms with van der Waals surface area (Å²) in [5.41, 5.74) is 3.13. The van der Waals surface area contributed by atoms with Crippen LogP contribution in [0.15, 0.2) is 121 Å². The van der Waals surface area contributed by atoms with Crippen LogP contribution in [-0.4, -0.2) is 75.4 Å². The van der Waals surface area contributed by atoms with E-state index in [1.165, 1.54) is 0 Å². The molecule has 10 rings (SSSR count). The second kappa shape index (κ2) is 11.4. The number of hydrogen-bond donors (Lipinski definition) is 2. The Hall–Kier alpha value is -3.47. The fraction of sp³-hybridized carbons (Fsp3) is 0.389. The zero-order valence-corrected chi connectivity index (χ0v) is 25.6. The summed E-state index contributed by atoms with van der Waals surface area (Å²) in [6.07, 6.45) is 48.6. The predicted molar refractivity (Wildman–Crippen MR) is 172 cm³/mol. The summed E-state index contributed by atoms with van der Waals surface area (Å²) in [6.45, 7) is 0. The van der Waals surface area contributed by atoms with E-state index in [1.807, 2.05) is 0 Å². The molecular weight excluding hydrogens is 584 g/mol. The molecule has 232 valence electrons. The highest BCUT2D eigenvalue weighted by Gasteiger charge is 2.55. The molecule has 6 aliphatic heterocycles. The molecule has 0 bridgehead atoms. The quantitative estimate of drug-likeness (QED) is 0.186. The van der Waals surface area contributed by atoms with Gasteiger partial charge >= 0.3 is 0 Å². The molecule has 0 amide bonds. The normalized spacial score (nSPS) is 42.5. The van der Waals surface area contributed by atoms with Crippen LogP contribution in [0.1, 0.15) is 12.8 Å². The molecule has 2 fully saturated rings. The van der Waals surface area contributed by atoms with Gasteiger partial charge in [-0.3, -0.25) is 8.42 Å². The van der Waals surface area contributed by atoms with Gasteiger partial charge in [0.05, 0.1) is 23.7 Å². The molecule has 0 aromatic rings. The van der Waals surface area contributed by atoms with Crippen LogP contribution in [0.2, 0.25) is 0 Å². The first-order valence-corrected chi connectivity index (χ1v) is 17.4. The third kappa shape index (κ3) is 5.30. The van der Waals surface area contributed by atoms with Crippen molar-refractivity contribution in [1.82, 2.24) is 10.6 Å². The summed E-state index contributed by atoms with van der Waals surface area (Å²) in [5, 5.41) is 7.77. The van der Waals surface area contributed by atoms with Crippen molar-refractivity contribution < 1.29 is 26.7 Å². The molecule has 0 saturated carbocycles. The van der Waals surface area contributed by atoms with Gasteiger partial charge in [-0.1, -0.05) is 85.1 Å². The van der Waals surface area contributed by atoms with Crippen molar-refractivity contribution in [1.29, 1.82) is 0 Å². The van der Waals surface area contributed by atoms with Crippen molar-refractivity contribution in [3.05, 3.63) is 121 Å². The van der Waals surface area contributed by atoms with Gasteiger partial charge in [-0.2, -0.15) is 0 Å². The Bertz CT molecular complexity index is 1620. The first kappa shape index (κ1) is 29.0. The monoisotopic (exact) mass is 622 g/mol. The third-order valence-corrected chi connectivity index (χ3v) is 11.1. The molecule has 8 nitrogen and oxygen atoms in total. The van der Waals surface area contributed by atoms with Gasteiger partial charge < -0.3 is 19.7 Å². The second-order valence-corrected chi connectivity index (χ2v) is 14.2. The van der Waals surface area contributed by atoms with Crippen molar-refractivity contribution in [2.75, 3.05) is 0 Å². The standard InChI is InChI=1S/2C18H19N2.H2O4S/c2*1-2-9-16-13(7-1)15-11-20-10-4-6-12-5-3-8-14(18(12)20)17(15)19-16;1-5(2,3)4/h2*1-4,6-11,13-19H,5H2;(H2,1,2,3,4)/q2*+1;/p-2. The van der Waals surface area contributed by atoms with Crippen LogP contribution in [0.25, 0.3) is 0 Å². The maximum atomic E-state index is 8.52. The molecule has 0 radical (unpaired) electrons. The zero-order valence-electron chi connectivity index (χ0n) is 24.8. The SMILES string of the molecule is C1=CC2NC3C(C=[N+]4C=CC=C5CC=CC3C54)C2C=C1.C1=CC2NC3C(C=[N+]4C=CC=C5CC=CC3C54)C2C=C1.O=S(=O)([O-])[O-]. The maximum Gasteiger partial charge on any atom is 0.187 e. The highest BCUT2D eigenvalue weighted by molar-refractivity contribution is 7.79. The molecule has 9 heteroatoms. The summed E-state index contributed by atoms with van der Waals surface area (Å²) in [7, 11) is -5.17. The molecular formula is C36H38N4O4S. The molecule has 4 aliphatic carbocycles. The Balaban J connectivity index is 0.000000117. The van der Waals surface area contributed by atoms with Gasteiger partial charge in [0, 0.05) is 69.7 Å². The number of nitrogens with zero attached hydrogens (tertiary/aromatic N) is 2. The van der Waals surface area contributed by atoms with Gasteiger partial charge in [0.25, 0.3) is 0 Å². The smallest absolute Gasteiger partial charge is 0.187 e. The lowest BCUT2D eigenvalue weighted by Crippen LogP contribution is -2.52. The van der Waals surface area contributed by atoms with E-state index >= 15 is 0 Å². The Morgan fingerprint density at radius 3 is 1.44 bits per heavy atom. The van der Waals surface area contributed by atoms with Crippen molar-refractivity contribution in [2.24, 2.45) is 35.5 Å². The van der Waals surface area contributed by atoms with Crippen molar-refractivity contribution in [3.8, 4) is 0 Å². The van der Waals surface area contributed by atoms with Gasteiger partial charge in [0.15, 0.2) is 36.9 Å². The molecule has 0 aromatic carbocycles. The van der Waals surface area contributed by atoms with E-state index in [2.05, 4.69) is 142 Å². The topological polar surface area (TPSA) is 110 Å². The van der Waals surface area contributed by atoms with Crippen LogP contribution < -0.4 is 10.6 Å². The van der Waals surface area contributed by atoms with Gasteiger partial charge in [0.2, 0.25) is 0 Å². The molecule has 6 heterocycles. The lowest BCUT2D eigenvalue weighted by atomic mass is 9.72. The molecule has 0 spiro atoms. The lowest BCUT2D eigenvalue weighted by molar-refractivity contribution is -0.504. The Kier molecular flexibility index (Phi) is 7.34. The molecule has 0 aromatic heterocycles. The maximum absolute atomic E-state index is 8.52. The van der Waals surface area contributed by atoms with Gasteiger partial charge in [0.1, 0.15) is 0 Å². The molecule has 45 heavy (non-hydrogen) atoms. The van der Waals surface area contributed by atoms with E-state index in [-0.39, 0.29) is 0 Å². The molecule has 10 aliphatic rings. The van der Waals surface area contributed by atoms with Gasteiger partial charge in [-0.25, -0.2) is 9.15 Å². The van der Waals surface area contributed by atoms with Crippen molar-refractivity contribution in [2.45, 2.75) is 49.1 Å². The average Bonchev–Trinajstić information content (AvgIpc) is 3.60. The first-order valence-electron chi connectivity index (χ1n) is 16.0. The van der Waals surface area contributed by atoms with E-state index < -0.39 is 10.4 Å². The van der Waals surface area contributed by atoms with Crippen LogP contribution in [0.3, 0.4) is 0 Å². The van der Waals surface area contributed by atoms with E-state index in [0.29, 0.717) is 71.8 Å². The van der Waals surface area contributed by atoms with E-state index in [4.69, 9.17) is 17.5 Å². The molecule has 12 unspecified atom stereocenters. The van der Waals surface area contributed by atoms with Crippen LogP contribution in [0.5, 0.6) is 0 Å². The minimum atomic E-state index is -5.17. The summed E-state index contributed by atoms with van der Waals surface area (Å²) >= 11 is 0. The predicted octanol–water partition coefficient (Wildman–Crippen LogP) is 3.02. The van der Waals surface area contributed by atoms with Crippen LogP contribution in [0, 0.1) is 35.5 Å². The highest BCUT2D eigenvalue weighted by atomic mass is 32.3. The summed E-state index contributed by atoms with van der Waals surface area (Å²) < 4.78 is 39.0. The van der Waals surface area contributed by atoms with Crippen molar-refractivity contribution in [3.63, 3.8) is 0 Å². The summed E-state index contributed by atoms with van der Waals surface area (Å²) in [4.78, 5) is 0. The third-order valence-electron chi connectivity index (χ3n) is 11.1. The largest absolute Gasteiger partial charge is 0.759 e. The minimum Gasteiger partial charge on any atom is -0.759 e. The fourth-order valence-electron chi connectivity index (χ4n) is 9.40. The van der Waals surface area contributed by atoms with E-state index in [0.717, 1.165) is 12.8 Å². The second-order valence-electron chi connectivity index (χ2n) is 13.4. The number of nitrogens with one attached hydrogen (secondary N) is 2. The number of allylic oxidation sites excluding steroid dienone is 10. The van der Waals surface area contributed by atoms with Crippen LogP contribution in [-0.2, 0) is 10.4 Å². The molecule has 2 N–H and O–H groups in total. The van der Waals surface area contributed by atoms with E-state index in [1.54, 1.807) is 11.1 Å². The molecule has 12 atom stereocenters. The molecule has 2 saturated heterocycles. The van der Waals surface area contributed by atoms with Crippen LogP contribution >= 0.6 is 0 Å². The average molecular weight is 623 g/mol. The van der Waals surface area contributed by atoms with E-state index in [9.17, 15) is 0 Å². The van der Waals surface area contributed by atoms with Gasteiger partial charge in [-0.15, -0.1) is 0 Å². The number of rotatable bonds is 0.